The standard InChI is InChI=1S/C21H27NO2/c1-15(2)19-11-10-16(3)12-20(19)24-14-21(23)22-13-17(4)18-8-6-5-7-9-18/h5-12,15,17H,13-14H2,1-4H3,(H,22,23). The van der Waals surface area contributed by atoms with E-state index in [0.29, 0.717) is 12.5 Å². The number of amides is 1. The van der Waals surface area contributed by atoms with Crippen LogP contribution >= 0.6 is 0 Å². The van der Waals surface area contributed by atoms with Crippen LogP contribution in [-0.2, 0) is 4.79 Å². The van der Waals surface area contributed by atoms with Gasteiger partial charge in [-0.1, -0.05) is 63.2 Å². The Morgan fingerprint density at radius 2 is 1.79 bits per heavy atom. The minimum Gasteiger partial charge on any atom is -0.483 e. The maximum atomic E-state index is 12.1. The van der Waals surface area contributed by atoms with Crippen LogP contribution in [0, 0.1) is 6.92 Å². The van der Waals surface area contributed by atoms with Gasteiger partial charge in [-0.15, -0.1) is 0 Å². The van der Waals surface area contributed by atoms with E-state index in [0.717, 1.165) is 16.9 Å². The number of hydrogen-bond donors (Lipinski definition) is 1. The number of ether oxygens (including phenoxy) is 1. The van der Waals surface area contributed by atoms with E-state index in [1.165, 1.54) is 5.56 Å². The molecule has 0 aliphatic carbocycles. The summed E-state index contributed by atoms with van der Waals surface area (Å²) in [7, 11) is 0. The molecular weight excluding hydrogens is 298 g/mol. The van der Waals surface area contributed by atoms with Crippen LogP contribution in [0.2, 0.25) is 0 Å². The van der Waals surface area contributed by atoms with Gasteiger partial charge >= 0.3 is 0 Å². The van der Waals surface area contributed by atoms with Crippen LogP contribution in [-0.4, -0.2) is 19.1 Å². The SMILES string of the molecule is Cc1ccc(C(C)C)c(OCC(=O)NCC(C)c2ccccc2)c1. The molecule has 0 radical (unpaired) electrons. The summed E-state index contributed by atoms with van der Waals surface area (Å²) in [5.74, 6) is 1.35. The van der Waals surface area contributed by atoms with E-state index in [9.17, 15) is 4.79 Å². The molecule has 1 amide bonds. The second kappa shape index (κ2) is 8.53. The summed E-state index contributed by atoms with van der Waals surface area (Å²) in [6.45, 7) is 9.03. The van der Waals surface area contributed by atoms with Gasteiger partial charge in [0, 0.05) is 6.54 Å². The molecule has 0 heterocycles. The Bertz CT molecular complexity index is 665. The first kappa shape index (κ1) is 18.1. The molecule has 0 spiro atoms. The predicted molar refractivity (Wildman–Crippen MR) is 98.6 cm³/mol. The lowest BCUT2D eigenvalue weighted by atomic mass is 10.0. The van der Waals surface area contributed by atoms with Crippen LogP contribution in [0.3, 0.4) is 0 Å². The highest BCUT2D eigenvalue weighted by Crippen LogP contribution is 2.27. The Morgan fingerprint density at radius 3 is 2.46 bits per heavy atom. The van der Waals surface area contributed by atoms with Crippen molar-refractivity contribution >= 4 is 5.91 Å². The van der Waals surface area contributed by atoms with Crippen LogP contribution in [0.5, 0.6) is 5.75 Å². The maximum absolute atomic E-state index is 12.1. The van der Waals surface area contributed by atoms with Crippen LogP contribution in [0.15, 0.2) is 48.5 Å². The largest absolute Gasteiger partial charge is 0.483 e. The summed E-state index contributed by atoms with van der Waals surface area (Å²) in [6.07, 6.45) is 0. The van der Waals surface area contributed by atoms with Crippen molar-refractivity contribution in [2.75, 3.05) is 13.2 Å². The lowest BCUT2D eigenvalue weighted by molar-refractivity contribution is -0.123. The molecule has 3 heteroatoms. The van der Waals surface area contributed by atoms with Crippen molar-refractivity contribution in [3.63, 3.8) is 0 Å². The Labute approximate surface area is 145 Å². The van der Waals surface area contributed by atoms with Gasteiger partial charge < -0.3 is 10.1 Å². The molecule has 1 atom stereocenters. The molecule has 1 unspecified atom stereocenters. The van der Waals surface area contributed by atoms with E-state index in [-0.39, 0.29) is 18.4 Å². The monoisotopic (exact) mass is 325 g/mol. The zero-order valence-corrected chi connectivity index (χ0v) is 15.0. The summed E-state index contributed by atoms with van der Waals surface area (Å²) in [4.78, 5) is 12.1. The second-order valence-electron chi connectivity index (χ2n) is 6.60. The third kappa shape index (κ3) is 5.12. The highest BCUT2D eigenvalue weighted by Gasteiger charge is 2.11. The van der Waals surface area contributed by atoms with Crippen LogP contribution < -0.4 is 10.1 Å². The molecule has 0 aromatic heterocycles. The molecule has 0 bridgehead atoms. The average molecular weight is 325 g/mol. The molecule has 0 aliphatic heterocycles. The highest BCUT2D eigenvalue weighted by atomic mass is 16.5. The minimum absolute atomic E-state index is 0.0463. The molecule has 2 aromatic carbocycles. The van der Waals surface area contributed by atoms with Gasteiger partial charge in [-0.2, -0.15) is 0 Å². The number of carbonyl (C=O) groups is 1. The predicted octanol–water partition coefficient (Wildman–Crippen LogP) is 4.42. The average Bonchev–Trinajstić information content (AvgIpc) is 2.58. The van der Waals surface area contributed by atoms with E-state index < -0.39 is 0 Å². The van der Waals surface area contributed by atoms with E-state index in [1.807, 2.05) is 31.2 Å². The van der Waals surface area contributed by atoms with Crippen molar-refractivity contribution in [2.45, 2.75) is 39.5 Å². The molecule has 2 aromatic rings. The van der Waals surface area contributed by atoms with Crippen molar-refractivity contribution < 1.29 is 9.53 Å². The van der Waals surface area contributed by atoms with Gasteiger partial charge in [0.15, 0.2) is 6.61 Å². The van der Waals surface area contributed by atoms with Crippen molar-refractivity contribution in [3.05, 3.63) is 65.2 Å². The van der Waals surface area contributed by atoms with Crippen LogP contribution in [0.25, 0.3) is 0 Å². The molecule has 3 nitrogen and oxygen atoms in total. The summed E-state index contributed by atoms with van der Waals surface area (Å²) in [5.41, 5.74) is 3.48. The Hall–Kier alpha value is -2.29. The van der Waals surface area contributed by atoms with Gasteiger partial charge in [-0.05, 0) is 41.5 Å². The first-order chi connectivity index (χ1) is 11.5. The maximum Gasteiger partial charge on any atom is 0.257 e. The molecule has 0 fully saturated rings. The third-order valence-electron chi connectivity index (χ3n) is 4.12. The van der Waals surface area contributed by atoms with Gasteiger partial charge in [-0.25, -0.2) is 0 Å². The molecule has 0 aliphatic rings. The smallest absolute Gasteiger partial charge is 0.257 e. The second-order valence-corrected chi connectivity index (χ2v) is 6.60. The summed E-state index contributed by atoms with van der Waals surface area (Å²) < 4.78 is 5.77. The van der Waals surface area contributed by atoms with Crippen LogP contribution in [0.1, 0.15) is 49.3 Å². The summed E-state index contributed by atoms with van der Waals surface area (Å²) >= 11 is 0. The molecule has 0 saturated heterocycles. The molecule has 24 heavy (non-hydrogen) atoms. The Kier molecular flexibility index (Phi) is 6.42. The fourth-order valence-electron chi connectivity index (χ4n) is 2.60. The number of rotatable bonds is 7. The fraction of sp³-hybridized carbons (Fsp3) is 0.381. The van der Waals surface area contributed by atoms with Crippen molar-refractivity contribution in [3.8, 4) is 5.75 Å². The quantitative estimate of drug-likeness (QED) is 0.818. The molecule has 0 saturated carbocycles. The number of benzene rings is 2. The van der Waals surface area contributed by atoms with E-state index in [2.05, 4.69) is 50.4 Å². The van der Waals surface area contributed by atoms with Gasteiger partial charge in [-0.3, -0.25) is 4.79 Å². The lowest BCUT2D eigenvalue weighted by Crippen LogP contribution is -2.32. The first-order valence-electron chi connectivity index (χ1n) is 8.52. The topological polar surface area (TPSA) is 38.3 Å². The highest BCUT2D eigenvalue weighted by molar-refractivity contribution is 5.77. The van der Waals surface area contributed by atoms with E-state index >= 15 is 0 Å². The summed E-state index contributed by atoms with van der Waals surface area (Å²) in [5, 5.41) is 2.95. The van der Waals surface area contributed by atoms with Crippen molar-refractivity contribution in [2.24, 2.45) is 0 Å². The van der Waals surface area contributed by atoms with Gasteiger partial charge in [0.05, 0.1) is 0 Å². The van der Waals surface area contributed by atoms with E-state index in [4.69, 9.17) is 4.74 Å². The number of hydrogen-bond acceptors (Lipinski definition) is 2. The van der Waals surface area contributed by atoms with Crippen LogP contribution in [0.4, 0.5) is 0 Å². The third-order valence-corrected chi connectivity index (χ3v) is 4.12. The van der Waals surface area contributed by atoms with Crippen molar-refractivity contribution in [1.82, 2.24) is 5.32 Å². The molecule has 128 valence electrons. The number of carbonyl (C=O) groups excluding carboxylic acids is 1. The van der Waals surface area contributed by atoms with Gasteiger partial charge in [0.1, 0.15) is 5.75 Å². The lowest BCUT2D eigenvalue weighted by Gasteiger charge is -2.16. The number of nitrogens with one attached hydrogen (secondary N) is 1. The van der Waals surface area contributed by atoms with Gasteiger partial charge in [0.2, 0.25) is 0 Å². The van der Waals surface area contributed by atoms with E-state index in [1.54, 1.807) is 0 Å². The molecule has 1 N–H and O–H groups in total. The molecule has 2 rings (SSSR count). The Morgan fingerprint density at radius 1 is 1.08 bits per heavy atom. The van der Waals surface area contributed by atoms with Crippen molar-refractivity contribution in [1.29, 1.82) is 0 Å². The Balaban J connectivity index is 1.86. The minimum atomic E-state index is -0.0889. The first-order valence-corrected chi connectivity index (χ1v) is 8.52. The van der Waals surface area contributed by atoms with Gasteiger partial charge in [0.25, 0.3) is 5.91 Å². The zero-order valence-electron chi connectivity index (χ0n) is 15.0. The molecular formula is C21H27NO2. The summed E-state index contributed by atoms with van der Waals surface area (Å²) in [6, 6.07) is 16.3. The fourth-order valence-corrected chi connectivity index (χ4v) is 2.60. The number of aryl methyl sites for hydroxylation is 1. The zero-order chi connectivity index (χ0) is 17.5. The normalized spacial score (nSPS) is 12.0.